The summed E-state index contributed by atoms with van der Waals surface area (Å²) in [7, 11) is 1.46. The third-order valence-electron chi connectivity index (χ3n) is 5.16. The second-order valence-electron chi connectivity index (χ2n) is 7.49. The Bertz CT molecular complexity index is 1340. The van der Waals surface area contributed by atoms with Gasteiger partial charge in [0.2, 0.25) is 0 Å². The average molecular weight is 495 g/mol. The molecular weight excluding hydrogens is 475 g/mol. The van der Waals surface area contributed by atoms with Crippen LogP contribution in [-0.4, -0.2) is 28.1 Å². The van der Waals surface area contributed by atoms with Crippen molar-refractivity contribution in [1.82, 2.24) is 4.90 Å². The molecule has 0 radical (unpaired) electrons. The van der Waals surface area contributed by atoms with Crippen molar-refractivity contribution in [2.75, 3.05) is 7.11 Å². The van der Waals surface area contributed by atoms with Crippen LogP contribution in [0.15, 0.2) is 71.6 Å². The van der Waals surface area contributed by atoms with E-state index >= 15 is 0 Å². The summed E-state index contributed by atoms with van der Waals surface area (Å²) in [5, 5.41) is 10.5. The highest BCUT2D eigenvalue weighted by Crippen LogP contribution is 2.35. The summed E-state index contributed by atoms with van der Waals surface area (Å²) in [5.74, 6) is -0.0909. The number of benzene rings is 3. The van der Waals surface area contributed by atoms with Gasteiger partial charge in [-0.3, -0.25) is 24.6 Å². The van der Waals surface area contributed by atoms with Crippen molar-refractivity contribution in [2.45, 2.75) is 13.2 Å². The summed E-state index contributed by atoms with van der Waals surface area (Å²) in [6, 6.07) is 17.1. The fraction of sp³-hybridized carbons (Fsp3) is 0.120. The van der Waals surface area contributed by atoms with E-state index in [1.807, 2.05) is 0 Å². The highest BCUT2D eigenvalue weighted by Gasteiger charge is 2.35. The first kappa shape index (κ1) is 24.0. The molecule has 0 aliphatic carbocycles. The lowest BCUT2D eigenvalue weighted by Crippen LogP contribution is -2.27. The van der Waals surface area contributed by atoms with Crippen molar-refractivity contribution < 1.29 is 28.4 Å². The van der Waals surface area contributed by atoms with Crippen LogP contribution in [0.5, 0.6) is 11.5 Å². The van der Waals surface area contributed by atoms with Gasteiger partial charge in [-0.2, -0.15) is 0 Å². The molecule has 1 saturated heterocycles. The van der Waals surface area contributed by atoms with E-state index in [-0.39, 0.29) is 29.6 Å². The molecular formula is C25H19FN2O6S. The van der Waals surface area contributed by atoms with Crippen LogP contribution in [0.3, 0.4) is 0 Å². The lowest BCUT2D eigenvalue weighted by molar-refractivity contribution is -0.384. The number of nitrogens with zero attached hydrogens (tertiary/aromatic N) is 2. The van der Waals surface area contributed by atoms with Gasteiger partial charge in [-0.05, 0) is 47.2 Å². The molecule has 3 aromatic carbocycles. The standard InChI is InChI=1S/C25H19FN2O6S/c1-33-22-12-16(9-10-21(22)34-15-18-6-2-3-8-20(18)26)13-23-24(29)27(25(30)35-23)14-17-5-4-7-19(11-17)28(31)32/h2-13H,14-15H2,1H3/b23-13+. The number of thioether (sulfide) groups is 1. The Labute approximate surface area is 204 Å². The Hall–Kier alpha value is -4.18. The molecule has 4 rings (SSSR count). The van der Waals surface area contributed by atoms with Gasteiger partial charge in [0.05, 0.1) is 23.5 Å². The fourth-order valence-corrected chi connectivity index (χ4v) is 4.24. The largest absolute Gasteiger partial charge is 0.493 e. The van der Waals surface area contributed by atoms with E-state index in [2.05, 4.69) is 0 Å². The van der Waals surface area contributed by atoms with E-state index < -0.39 is 16.1 Å². The summed E-state index contributed by atoms with van der Waals surface area (Å²) in [6.45, 7) is -0.0608. The molecule has 35 heavy (non-hydrogen) atoms. The normalized spacial score (nSPS) is 14.5. The van der Waals surface area contributed by atoms with Gasteiger partial charge >= 0.3 is 0 Å². The first-order valence-electron chi connectivity index (χ1n) is 10.4. The molecule has 1 heterocycles. The van der Waals surface area contributed by atoms with E-state index in [4.69, 9.17) is 9.47 Å². The Morgan fingerprint density at radius 3 is 2.60 bits per heavy atom. The molecule has 0 spiro atoms. The van der Waals surface area contributed by atoms with Crippen LogP contribution < -0.4 is 9.47 Å². The molecule has 1 aliphatic heterocycles. The number of carbonyl (C=O) groups excluding carboxylic acids is 2. The summed E-state index contributed by atoms with van der Waals surface area (Å²) < 4.78 is 24.9. The number of methoxy groups -OCH3 is 1. The number of rotatable bonds is 8. The van der Waals surface area contributed by atoms with Crippen molar-refractivity contribution >= 4 is 34.7 Å². The third-order valence-corrected chi connectivity index (χ3v) is 6.07. The van der Waals surface area contributed by atoms with Crippen molar-refractivity contribution in [3.05, 3.63) is 104 Å². The van der Waals surface area contributed by atoms with Crippen molar-refractivity contribution in [3.8, 4) is 11.5 Å². The van der Waals surface area contributed by atoms with E-state index in [0.29, 0.717) is 28.2 Å². The molecule has 0 saturated carbocycles. The van der Waals surface area contributed by atoms with Gasteiger partial charge in [-0.1, -0.05) is 36.4 Å². The second kappa shape index (κ2) is 10.4. The van der Waals surface area contributed by atoms with Crippen LogP contribution in [-0.2, 0) is 17.9 Å². The number of nitro groups is 1. The minimum Gasteiger partial charge on any atom is -0.493 e. The number of nitro benzene ring substituents is 1. The SMILES string of the molecule is COc1cc(/C=C2/SC(=O)N(Cc3cccc([N+](=O)[O-])c3)C2=O)ccc1OCc1ccccc1F. The number of hydrogen-bond acceptors (Lipinski definition) is 7. The van der Waals surface area contributed by atoms with Gasteiger partial charge in [-0.15, -0.1) is 0 Å². The summed E-state index contributed by atoms with van der Waals surface area (Å²) in [4.78, 5) is 37.0. The van der Waals surface area contributed by atoms with Crippen LogP contribution in [0.1, 0.15) is 16.7 Å². The molecule has 0 atom stereocenters. The van der Waals surface area contributed by atoms with E-state index in [1.165, 1.54) is 31.4 Å². The molecule has 2 amide bonds. The molecule has 10 heteroatoms. The lowest BCUT2D eigenvalue weighted by atomic mass is 10.1. The Morgan fingerprint density at radius 1 is 1.06 bits per heavy atom. The van der Waals surface area contributed by atoms with Crippen LogP contribution in [0.4, 0.5) is 14.9 Å². The number of carbonyl (C=O) groups is 2. The van der Waals surface area contributed by atoms with E-state index in [0.717, 1.165) is 16.7 Å². The fourth-order valence-electron chi connectivity index (χ4n) is 3.40. The first-order valence-corrected chi connectivity index (χ1v) is 11.2. The zero-order chi connectivity index (χ0) is 24.9. The number of non-ortho nitro benzene ring substituents is 1. The van der Waals surface area contributed by atoms with Gasteiger partial charge < -0.3 is 9.47 Å². The summed E-state index contributed by atoms with van der Waals surface area (Å²) in [5.41, 5.74) is 1.35. The van der Waals surface area contributed by atoms with Crippen LogP contribution in [0.25, 0.3) is 6.08 Å². The zero-order valence-electron chi connectivity index (χ0n) is 18.5. The molecule has 0 N–H and O–H groups in total. The van der Waals surface area contributed by atoms with Gasteiger partial charge in [0.15, 0.2) is 11.5 Å². The molecule has 178 valence electrons. The van der Waals surface area contributed by atoms with Crippen molar-refractivity contribution in [3.63, 3.8) is 0 Å². The average Bonchev–Trinajstić information content (AvgIpc) is 3.11. The quantitative estimate of drug-likeness (QED) is 0.230. The molecule has 1 aliphatic rings. The minimum absolute atomic E-state index is 0.0128. The van der Waals surface area contributed by atoms with Crippen molar-refractivity contribution in [1.29, 1.82) is 0 Å². The monoisotopic (exact) mass is 494 g/mol. The smallest absolute Gasteiger partial charge is 0.293 e. The zero-order valence-corrected chi connectivity index (χ0v) is 19.3. The molecule has 1 fully saturated rings. The maximum Gasteiger partial charge on any atom is 0.293 e. The summed E-state index contributed by atoms with van der Waals surface area (Å²) in [6.07, 6.45) is 1.56. The minimum atomic E-state index is -0.533. The number of ether oxygens (including phenoxy) is 2. The van der Waals surface area contributed by atoms with Gasteiger partial charge in [0.25, 0.3) is 16.8 Å². The van der Waals surface area contributed by atoms with Crippen LogP contribution in [0, 0.1) is 15.9 Å². The number of hydrogen-bond donors (Lipinski definition) is 0. The number of imide groups is 1. The molecule has 0 unspecified atom stereocenters. The van der Waals surface area contributed by atoms with E-state index in [1.54, 1.807) is 48.5 Å². The Balaban J connectivity index is 1.49. The molecule has 0 bridgehead atoms. The molecule has 0 aromatic heterocycles. The predicted octanol–water partition coefficient (Wildman–Crippen LogP) is 5.56. The Kier molecular flexibility index (Phi) is 7.11. The number of halogens is 1. The molecule has 8 nitrogen and oxygen atoms in total. The lowest BCUT2D eigenvalue weighted by Gasteiger charge is -2.12. The molecule has 3 aromatic rings. The maximum absolute atomic E-state index is 13.8. The van der Waals surface area contributed by atoms with Crippen molar-refractivity contribution in [2.24, 2.45) is 0 Å². The van der Waals surface area contributed by atoms with Crippen LogP contribution in [0.2, 0.25) is 0 Å². The topological polar surface area (TPSA) is 99.0 Å². The van der Waals surface area contributed by atoms with Crippen LogP contribution >= 0.6 is 11.8 Å². The van der Waals surface area contributed by atoms with Gasteiger partial charge in [0.1, 0.15) is 12.4 Å². The highest BCUT2D eigenvalue weighted by atomic mass is 32.2. The first-order chi connectivity index (χ1) is 16.9. The van der Waals surface area contributed by atoms with E-state index in [9.17, 15) is 24.1 Å². The number of amides is 2. The summed E-state index contributed by atoms with van der Waals surface area (Å²) >= 11 is 0.784. The van der Waals surface area contributed by atoms with Gasteiger partial charge in [0, 0.05) is 17.7 Å². The maximum atomic E-state index is 13.8. The highest BCUT2D eigenvalue weighted by molar-refractivity contribution is 8.18. The second-order valence-corrected chi connectivity index (χ2v) is 8.48. The Morgan fingerprint density at radius 2 is 1.86 bits per heavy atom. The third kappa shape index (κ3) is 5.49. The predicted molar refractivity (Wildman–Crippen MR) is 128 cm³/mol. The van der Waals surface area contributed by atoms with Gasteiger partial charge in [-0.25, -0.2) is 4.39 Å².